The van der Waals surface area contributed by atoms with Gasteiger partial charge >= 0.3 is 0 Å². The highest BCUT2D eigenvalue weighted by atomic mass is 32.2. The maximum absolute atomic E-state index is 5.75. The zero-order chi connectivity index (χ0) is 14.2. The van der Waals surface area contributed by atoms with Gasteiger partial charge in [-0.3, -0.25) is 0 Å². The fourth-order valence-corrected chi connectivity index (χ4v) is 2.58. The maximum atomic E-state index is 5.75. The smallest absolute Gasteiger partial charge is 0.118 e. The SMILES string of the molecule is CSCc1ccc(CNC(C)CCc2ccccc2)o1. The monoisotopic (exact) mass is 289 g/mol. The van der Waals surface area contributed by atoms with Gasteiger partial charge < -0.3 is 9.73 Å². The topological polar surface area (TPSA) is 25.2 Å². The molecule has 1 aromatic heterocycles. The second kappa shape index (κ2) is 8.18. The summed E-state index contributed by atoms with van der Waals surface area (Å²) in [6.45, 7) is 3.04. The van der Waals surface area contributed by atoms with Crippen molar-refractivity contribution >= 4 is 11.8 Å². The van der Waals surface area contributed by atoms with Gasteiger partial charge in [0.15, 0.2) is 0 Å². The number of hydrogen-bond donors (Lipinski definition) is 1. The molecule has 3 heteroatoms. The van der Waals surface area contributed by atoms with Gasteiger partial charge in [-0.2, -0.15) is 11.8 Å². The molecular weight excluding hydrogens is 266 g/mol. The maximum Gasteiger partial charge on any atom is 0.118 e. The van der Waals surface area contributed by atoms with Crippen LogP contribution >= 0.6 is 11.8 Å². The Bertz CT molecular complexity index is 495. The Morgan fingerprint density at radius 1 is 1.10 bits per heavy atom. The van der Waals surface area contributed by atoms with Gasteiger partial charge in [0.1, 0.15) is 11.5 Å². The first-order valence-electron chi connectivity index (χ1n) is 7.12. The summed E-state index contributed by atoms with van der Waals surface area (Å²) in [5.74, 6) is 3.04. The summed E-state index contributed by atoms with van der Waals surface area (Å²) in [4.78, 5) is 0. The molecule has 2 nitrogen and oxygen atoms in total. The fourth-order valence-electron chi connectivity index (χ4n) is 2.14. The first-order chi connectivity index (χ1) is 9.78. The van der Waals surface area contributed by atoms with E-state index in [0.717, 1.165) is 36.7 Å². The van der Waals surface area contributed by atoms with E-state index in [4.69, 9.17) is 4.42 Å². The van der Waals surface area contributed by atoms with Crippen LogP contribution in [0.3, 0.4) is 0 Å². The highest BCUT2D eigenvalue weighted by Gasteiger charge is 2.05. The summed E-state index contributed by atoms with van der Waals surface area (Å²) in [5, 5.41) is 3.52. The fraction of sp³-hybridized carbons (Fsp3) is 0.412. The Morgan fingerprint density at radius 3 is 2.60 bits per heavy atom. The molecule has 0 bridgehead atoms. The molecule has 1 aromatic carbocycles. The van der Waals surface area contributed by atoms with E-state index in [2.05, 4.69) is 61.0 Å². The first kappa shape index (κ1) is 15.2. The molecule has 0 saturated heterocycles. The molecular formula is C17H23NOS. The Morgan fingerprint density at radius 2 is 1.85 bits per heavy atom. The molecule has 0 aliphatic rings. The van der Waals surface area contributed by atoms with Gasteiger partial charge in [0.2, 0.25) is 0 Å². The van der Waals surface area contributed by atoms with Crippen LogP contribution in [0.5, 0.6) is 0 Å². The van der Waals surface area contributed by atoms with E-state index in [1.165, 1.54) is 5.56 Å². The van der Waals surface area contributed by atoms with E-state index in [-0.39, 0.29) is 0 Å². The molecule has 1 unspecified atom stereocenters. The molecule has 1 atom stereocenters. The van der Waals surface area contributed by atoms with Crippen LogP contribution in [-0.2, 0) is 18.7 Å². The molecule has 0 fully saturated rings. The van der Waals surface area contributed by atoms with Crippen LogP contribution < -0.4 is 5.32 Å². The molecule has 1 heterocycles. The zero-order valence-corrected chi connectivity index (χ0v) is 13.1. The van der Waals surface area contributed by atoms with Crippen molar-refractivity contribution in [2.45, 2.75) is 38.1 Å². The van der Waals surface area contributed by atoms with Gasteiger partial charge in [-0.25, -0.2) is 0 Å². The van der Waals surface area contributed by atoms with Gasteiger partial charge in [0, 0.05) is 6.04 Å². The van der Waals surface area contributed by atoms with Crippen LogP contribution in [0.15, 0.2) is 46.9 Å². The lowest BCUT2D eigenvalue weighted by atomic mass is 10.1. The van der Waals surface area contributed by atoms with Crippen LogP contribution in [0.25, 0.3) is 0 Å². The number of thioether (sulfide) groups is 1. The van der Waals surface area contributed by atoms with Gasteiger partial charge in [0.05, 0.1) is 12.3 Å². The second-order valence-corrected chi connectivity index (χ2v) is 5.97. The van der Waals surface area contributed by atoms with E-state index in [0.29, 0.717) is 6.04 Å². The van der Waals surface area contributed by atoms with Crippen molar-refractivity contribution in [1.29, 1.82) is 0 Å². The third-order valence-electron chi connectivity index (χ3n) is 3.34. The highest BCUT2D eigenvalue weighted by Crippen LogP contribution is 2.13. The van der Waals surface area contributed by atoms with Crippen molar-refractivity contribution in [3.05, 3.63) is 59.5 Å². The Hall–Kier alpha value is -1.19. The molecule has 0 radical (unpaired) electrons. The average Bonchev–Trinajstić information content (AvgIpc) is 2.92. The van der Waals surface area contributed by atoms with Crippen molar-refractivity contribution in [2.75, 3.05) is 6.26 Å². The molecule has 2 aromatic rings. The lowest BCUT2D eigenvalue weighted by Gasteiger charge is -2.12. The molecule has 2 rings (SSSR count). The summed E-state index contributed by atoms with van der Waals surface area (Å²) in [6, 6.07) is 15.3. The summed E-state index contributed by atoms with van der Waals surface area (Å²) < 4.78 is 5.75. The molecule has 0 aliphatic heterocycles. The number of nitrogens with one attached hydrogen (secondary N) is 1. The highest BCUT2D eigenvalue weighted by molar-refractivity contribution is 7.97. The molecule has 108 valence electrons. The van der Waals surface area contributed by atoms with Gasteiger partial charge in [-0.05, 0) is 43.7 Å². The van der Waals surface area contributed by atoms with Crippen molar-refractivity contribution in [3.8, 4) is 0 Å². The molecule has 0 saturated carbocycles. The van der Waals surface area contributed by atoms with Crippen LogP contribution in [0, 0.1) is 0 Å². The van der Waals surface area contributed by atoms with Crippen molar-refractivity contribution in [2.24, 2.45) is 0 Å². The quantitative estimate of drug-likeness (QED) is 0.786. The van der Waals surface area contributed by atoms with Crippen LogP contribution in [0.1, 0.15) is 30.4 Å². The second-order valence-electron chi connectivity index (χ2n) is 5.11. The number of hydrogen-bond acceptors (Lipinski definition) is 3. The van der Waals surface area contributed by atoms with Gasteiger partial charge in [-0.1, -0.05) is 30.3 Å². The first-order valence-corrected chi connectivity index (χ1v) is 8.51. The van der Waals surface area contributed by atoms with Gasteiger partial charge in [0.25, 0.3) is 0 Å². The lowest BCUT2D eigenvalue weighted by molar-refractivity contribution is 0.430. The molecule has 1 N–H and O–H groups in total. The Labute approximate surface area is 126 Å². The van der Waals surface area contributed by atoms with E-state index in [9.17, 15) is 0 Å². The predicted octanol–water partition coefficient (Wildman–Crippen LogP) is 4.25. The molecule has 20 heavy (non-hydrogen) atoms. The number of furan rings is 1. The van der Waals surface area contributed by atoms with Crippen molar-refractivity contribution < 1.29 is 4.42 Å². The van der Waals surface area contributed by atoms with E-state index >= 15 is 0 Å². The minimum absolute atomic E-state index is 0.490. The van der Waals surface area contributed by atoms with Crippen LogP contribution in [-0.4, -0.2) is 12.3 Å². The third-order valence-corrected chi connectivity index (χ3v) is 3.91. The summed E-state index contributed by atoms with van der Waals surface area (Å²) >= 11 is 1.78. The lowest BCUT2D eigenvalue weighted by Crippen LogP contribution is -2.25. The zero-order valence-electron chi connectivity index (χ0n) is 12.3. The Balaban J connectivity index is 1.70. The largest absolute Gasteiger partial charge is 0.464 e. The molecule has 0 aliphatic carbocycles. The number of benzene rings is 1. The van der Waals surface area contributed by atoms with Gasteiger partial charge in [-0.15, -0.1) is 0 Å². The predicted molar refractivity (Wildman–Crippen MR) is 87.0 cm³/mol. The van der Waals surface area contributed by atoms with Crippen LogP contribution in [0.2, 0.25) is 0 Å². The number of rotatable bonds is 8. The third kappa shape index (κ3) is 5.06. The molecule has 0 spiro atoms. The Kier molecular flexibility index (Phi) is 6.22. The van der Waals surface area contributed by atoms with E-state index in [1.807, 2.05) is 0 Å². The van der Waals surface area contributed by atoms with Crippen molar-refractivity contribution in [3.63, 3.8) is 0 Å². The summed E-state index contributed by atoms with van der Waals surface area (Å²) in [7, 11) is 0. The summed E-state index contributed by atoms with van der Waals surface area (Å²) in [6.07, 6.45) is 4.35. The van der Waals surface area contributed by atoms with Crippen LogP contribution in [0.4, 0.5) is 0 Å². The molecule has 0 amide bonds. The number of aryl methyl sites for hydroxylation is 1. The van der Waals surface area contributed by atoms with Crippen molar-refractivity contribution in [1.82, 2.24) is 5.32 Å². The van der Waals surface area contributed by atoms with E-state index in [1.54, 1.807) is 11.8 Å². The average molecular weight is 289 g/mol. The minimum Gasteiger partial charge on any atom is -0.464 e. The normalized spacial score (nSPS) is 12.5. The van der Waals surface area contributed by atoms with E-state index < -0.39 is 0 Å². The minimum atomic E-state index is 0.490. The summed E-state index contributed by atoms with van der Waals surface area (Å²) in [5.41, 5.74) is 1.40. The standard InChI is InChI=1S/C17H23NOS/c1-14(8-9-15-6-4-3-5-7-15)18-12-16-10-11-17(19-16)13-20-2/h3-7,10-11,14,18H,8-9,12-13H2,1-2H3.